The Hall–Kier alpha value is -2.83. The van der Waals surface area contributed by atoms with Crippen LogP contribution in [0.1, 0.15) is 30.1 Å². The molecule has 3 rings (SSSR count). The molecule has 1 fully saturated rings. The third-order valence-electron chi connectivity index (χ3n) is 4.28. The van der Waals surface area contributed by atoms with Gasteiger partial charge >= 0.3 is 6.09 Å². The van der Waals surface area contributed by atoms with Gasteiger partial charge in [0.1, 0.15) is 5.82 Å². The van der Waals surface area contributed by atoms with Gasteiger partial charge in [-0.15, -0.1) is 0 Å². The Morgan fingerprint density at radius 2 is 2.08 bits per heavy atom. The summed E-state index contributed by atoms with van der Waals surface area (Å²) in [7, 11) is 0. The first-order valence-electron chi connectivity index (χ1n) is 8.50. The number of hydrogen-bond donors (Lipinski definition) is 2. The summed E-state index contributed by atoms with van der Waals surface area (Å²) in [6.07, 6.45) is 4.54. The van der Waals surface area contributed by atoms with E-state index in [1.807, 2.05) is 18.2 Å². The van der Waals surface area contributed by atoms with E-state index in [1.165, 1.54) is 0 Å². The Balaban J connectivity index is 1.62. The number of aromatic amines is 1. The third-order valence-corrected chi connectivity index (χ3v) is 4.28. The highest BCUT2D eigenvalue weighted by Gasteiger charge is 2.25. The summed E-state index contributed by atoms with van der Waals surface area (Å²) in [6, 6.07) is 7.43. The van der Waals surface area contributed by atoms with E-state index in [2.05, 4.69) is 15.3 Å². The lowest BCUT2D eigenvalue weighted by atomic mass is 10.0. The SMILES string of the molecule is CCOC(=O)N1CCC(NC(=O)c2ccccc2-c2ncc[nH]2)CC1. The normalized spacial score (nSPS) is 15.0. The van der Waals surface area contributed by atoms with Gasteiger partial charge in [0.05, 0.1) is 12.2 Å². The molecule has 1 aromatic carbocycles. The number of benzene rings is 1. The van der Waals surface area contributed by atoms with Crippen molar-refractivity contribution in [2.24, 2.45) is 0 Å². The Morgan fingerprint density at radius 1 is 1.32 bits per heavy atom. The largest absolute Gasteiger partial charge is 0.450 e. The summed E-state index contributed by atoms with van der Waals surface area (Å²) in [6.45, 7) is 3.34. The number of ether oxygens (including phenoxy) is 1. The van der Waals surface area contributed by atoms with Crippen LogP contribution in [0, 0.1) is 0 Å². The molecule has 1 aliphatic rings. The molecule has 0 saturated carbocycles. The highest BCUT2D eigenvalue weighted by atomic mass is 16.6. The second-order valence-corrected chi connectivity index (χ2v) is 5.92. The first-order chi connectivity index (χ1) is 12.2. The number of likely N-dealkylation sites (tertiary alicyclic amines) is 1. The molecular weight excluding hydrogens is 320 g/mol. The smallest absolute Gasteiger partial charge is 0.409 e. The molecule has 2 N–H and O–H groups in total. The fourth-order valence-electron chi connectivity index (χ4n) is 2.98. The van der Waals surface area contributed by atoms with Gasteiger partial charge < -0.3 is 19.9 Å². The number of imidazole rings is 1. The van der Waals surface area contributed by atoms with E-state index in [-0.39, 0.29) is 18.0 Å². The van der Waals surface area contributed by atoms with Crippen molar-refractivity contribution in [1.29, 1.82) is 0 Å². The monoisotopic (exact) mass is 342 g/mol. The van der Waals surface area contributed by atoms with Crippen LogP contribution in [0.25, 0.3) is 11.4 Å². The number of rotatable bonds is 4. The number of hydrogen-bond acceptors (Lipinski definition) is 4. The molecule has 132 valence electrons. The highest BCUT2D eigenvalue weighted by molar-refractivity contribution is 6.00. The van der Waals surface area contributed by atoms with Crippen molar-refractivity contribution in [2.45, 2.75) is 25.8 Å². The van der Waals surface area contributed by atoms with Crippen molar-refractivity contribution in [3.63, 3.8) is 0 Å². The Bertz CT molecular complexity index is 722. The summed E-state index contributed by atoms with van der Waals surface area (Å²) >= 11 is 0. The van der Waals surface area contributed by atoms with Crippen LogP contribution >= 0.6 is 0 Å². The Morgan fingerprint density at radius 3 is 2.76 bits per heavy atom. The van der Waals surface area contributed by atoms with Gasteiger partial charge in [-0.3, -0.25) is 4.79 Å². The van der Waals surface area contributed by atoms with Crippen LogP contribution in [0.3, 0.4) is 0 Å². The van der Waals surface area contributed by atoms with Crippen molar-refractivity contribution >= 4 is 12.0 Å². The second-order valence-electron chi connectivity index (χ2n) is 5.92. The van der Waals surface area contributed by atoms with Gasteiger partial charge in [0.15, 0.2) is 0 Å². The van der Waals surface area contributed by atoms with Gasteiger partial charge in [-0.05, 0) is 25.8 Å². The maximum atomic E-state index is 12.7. The van der Waals surface area contributed by atoms with E-state index < -0.39 is 0 Å². The molecule has 0 spiro atoms. The lowest BCUT2D eigenvalue weighted by Gasteiger charge is -2.31. The maximum absolute atomic E-state index is 12.7. The van der Waals surface area contributed by atoms with Crippen LogP contribution in [0.4, 0.5) is 4.79 Å². The van der Waals surface area contributed by atoms with Crippen molar-refractivity contribution < 1.29 is 14.3 Å². The van der Waals surface area contributed by atoms with E-state index in [4.69, 9.17) is 4.74 Å². The van der Waals surface area contributed by atoms with Crippen LogP contribution in [0.15, 0.2) is 36.7 Å². The van der Waals surface area contributed by atoms with Gasteiger partial charge in [-0.2, -0.15) is 0 Å². The summed E-state index contributed by atoms with van der Waals surface area (Å²) in [5, 5.41) is 3.07. The molecule has 0 aliphatic carbocycles. The zero-order valence-electron chi connectivity index (χ0n) is 14.2. The minimum absolute atomic E-state index is 0.0443. The van der Waals surface area contributed by atoms with Crippen LogP contribution < -0.4 is 5.32 Å². The zero-order chi connectivity index (χ0) is 17.6. The van der Waals surface area contributed by atoms with E-state index in [9.17, 15) is 9.59 Å². The van der Waals surface area contributed by atoms with E-state index in [0.717, 1.165) is 5.56 Å². The van der Waals surface area contributed by atoms with E-state index in [1.54, 1.807) is 30.3 Å². The van der Waals surface area contributed by atoms with Crippen LogP contribution in [0.5, 0.6) is 0 Å². The van der Waals surface area contributed by atoms with Crippen LogP contribution in [-0.2, 0) is 4.74 Å². The number of carbonyl (C=O) groups excluding carboxylic acids is 2. The first kappa shape index (κ1) is 17.0. The molecule has 1 aliphatic heterocycles. The number of nitrogens with zero attached hydrogens (tertiary/aromatic N) is 2. The van der Waals surface area contributed by atoms with Gasteiger partial charge in [-0.1, -0.05) is 18.2 Å². The molecule has 2 amide bonds. The molecule has 7 heteroatoms. The predicted octanol–water partition coefficient (Wildman–Crippen LogP) is 2.43. The molecule has 2 heterocycles. The van der Waals surface area contributed by atoms with Crippen LogP contribution in [-0.4, -0.2) is 52.6 Å². The van der Waals surface area contributed by atoms with Crippen molar-refractivity contribution in [3.05, 3.63) is 42.2 Å². The summed E-state index contributed by atoms with van der Waals surface area (Å²) in [4.78, 5) is 33.4. The summed E-state index contributed by atoms with van der Waals surface area (Å²) < 4.78 is 5.01. The van der Waals surface area contributed by atoms with Gasteiger partial charge in [0.2, 0.25) is 0 Å². The molecule has 1 aromatic heterocycles. The molecule has 7 nitrogen and oxygen atoms in total. The zero-order valence-corrected chi connectivity index (χ0v) is 14.2. The van der Waals surface area contributed by atoms with Gasteiger partial charge in [-0.25, -0.2) is 9.78 Å². The number of aromatic nitrogens is 2. The molecule has 0 atom stereocenters. The second kappa shape index (κ2) is 7.83. The fourth-order valence-corrected chi connectivity index (χ4v) is 2.98. The Kier molecular flexibility index (Phi) is 5.33. The quantitative estimate of drug-likeness (QED) is 0.893. The topological polar surface area (TPSA) is 87.3 Å². The van der Waals surface area contributed by atoms with Crippen molar-refractivity contribution in [3.8, 4) is 11.4 Å². The average Bonchev–Trinajstić information content (AvgIpc) is 3.17. The molecular formula is C18H22N4O3. The Labute approximate surface area is 146 Å². The lowest BCUT2D eigenvalue weighted by Crippen LogP contribution is -2.46. The molecule has 0 unspecified atom stereocenters. The first-order valence-corrected chi connectivity index (χ1v) is 8.50. The molecule has 2 aromatic rings. The molecule has 1 saturated heterocycles. The van der Waals surface area contributed by atoms with E-state index >= 15 is 0 Å². The summed E-state index contributed by atoms with van der Waals surface area (Å²) in [5.41, 5.74) is 1.36. The third kappa shape index (κ3) is 3.99. The summed E-state index contributed by atoms with van der Waals surface area (Å²) in [5.74, 6) is 0.546. The average molecular weight is 342 g/mol. The molecule has 25 heavy (non-hydrogen) atoms. The number of H-pyrrole nitrogens is 1. The number of piperidine rings is 1. The van der Waals surface area contributed by atoms with Crippen molar-refractivity contribution in [1.82, 2.24) is 20.2 Å². The number of amides is 2. The minimum atomic E-state index is -0.282. The van der Waals surface area contributed by atoms with E-state index in [0.29, 0.717) is 43.9 Å². The van der Waals surface area contributed by atoms with Gasteiger partial charge in [0.25, 0.3) is 5.91 Å². The lowest BCUT2D eigenvalue weighted by molar-refractivity contribution is 0.0860. The molecule has 0 bridgehead atoms. The fraction of sp³-hybridized carbons (Fsp3) is 0.389. The minimum Gasteiger partial charge on any atom is -0.450 e. The van der Waals surface area contributed by atoms with Gasteiger partial charge in [0, 0.05) is 37.1 Å². The van der Waals surface area contributed by atoms with Crippen molar-refractivity contribution in [2.75, 3.05) is 19.7 Å². The van der Waals surface area contributed by atoms with Crippen LogP contribution in [0.2, 0.25) is 0 Å². The molecule has 0 radical (unpaired) electrons. The highest BCUT2D eigenvalue weighted by Crippen LogP contribution is 2.20. The predicted molar refractivity (Wildman–Crippen MR) is 93.1 cm³/mol. The standard InChI is InChI=1S/C18H22N4O3/c1-2-25-18(24)22-11-7-13(8-12-22)21-17(23)15-6-4-3-5-14(15)16-19-9-10-20-16/h3-6,9-10,13H,2,7-8,11-12H2,1H3,(H,19,20)(H,21,23). The maximum Gasteiger partial charge on any atom is 0.409 e. The number of nitrogens with one attached hydrogen (secondary N) is 2. The number of carbonyl (C=O) groups is 2.